The number of hydrogen-bond donors (Lipinski definition) is 0. The van der Waals surface area contributed by atoms with Crippen molar-refractivity contribution in [3.63, 3.8) is 0 Å². The second kappa shape index (κ2) is 4.07. The highest BCUT2D eigenvalue weighted by molar-refractivity contribution is 4.81. The Balaban J connectivity index is 2.00. The molecular weight excluding hydrogens is 138 g/mol. The summed E-state index contributed by atoms with van der Waals surface area (Å²) in [4.78, 5) is 2.48. The van der Waals surface area contributed by atoms with Crippen LogP contribution in [0, 0.1) is 5.92 Å². The van der Waals surface area contributed by atoms with Gasteiger partial charge in [-0.25, -0.2) is 0 Å². The maximum Gasteiger partial charge on any atom is 0.0518 e. The van der Waals surface area contributed by atoms with Gasteiger partial charge in [0.2, 0.25) is 0 Å². The van der Waals surface area contributed by atoms with Gasteiger partial charge in [-0.05, 0) is 20.8 Å². The third-order valence-corrected chi connectivity index (χ3v) is 2.27. The summed E-state index contributed by atoms with van der Waals surface area (Å²) in [6.45, 7) is 10.8. The van der Waals surface area contributed by atoms with Gasteiger partial charge in [0.05, 0.1) is 6.61 Å². The van der Waals surface area contributed by atoms with Gasteiger partial charge in [-0.3, -0.25) is 0 Å². The molecule has 0 unspecified atom stereocenters. The minimum atomic E-state index is 0.716. The van der Waals surface area contributed by atoms with Gasteiger partial charge in [0.25, 0.3) is 0 Å². The van der Waals surface area contributed by atoms with E-state index in [4.69, 9.17) is 4.74 Å². The highest BCUT2D eigenvalue weighted by Crippen LogP contribution is 2.17. The standard InChI is InChI=1S/C9H19NO/c1-4-11-7-9-5-10(6-9)8(2)3/h8-9H,4-7H2,1-3H3. The van der Waals surface area contributed by atoms with Gasteiger partial charge < -0.3 is 9.64 Å². The van der Waals surface area contributed by atoms with Crippen LogP contribution in [0.25, 0.3) is 0 Å². The van der Waals surface area contributed by atoms with E-state index in [0.29, 0.717) is 6.04 Å². The minimum Gasteiger partial charge on any atom is -0.381 e. The van der Waals surface area contributed by atoms with Crippen LogP contribution in [0.2, 0.25) is 0 Å². The molecule has 0 aromatic rings. The van der Waals surface area contributed by atoms with Crippen LogP contribution in [0.3, 0.4) is 0 Å². The Hall–Kier alpha value is -0.0800. The molecule has 0 aromatic heterocycles. The highest BCUT2D eigenvalue weighted by atomic mass is 16.5. The molecule has 0 N–H and O–H groups in total. The van der Waals surface area contributed by atoms with Crippen LogP contribution < -0.4 is 0 Å². The Bertz CT molecular complexity index is 108. The van der Waals surface area contributed by atoms with E-state index in [0.717, 1.165) is 19.1 Å². The molecule has 66 valence electrons. The molecule has 0 atom stereocenters. The summed E-state index contributed by atoms with van der Waals surface area (Å²) in [5, 5.41) is 0. The zero-order valence-corrected chi connectivity index (χ0v) is 7.84. The van der Waals surface area contributed by atoms with Crippen molar-refractivity contribution in [1.29, 1.82) is 0 Å². The topological polar surface area (TPSA) is 12.5 Å². The van der Waals surface area contributed by atoms with E-state index in [1.54, 1.807) is 0 Å². The SMILES string of the molecule is CCOCC1CN(C(C)C)C1. The molecule has 1 fully saturated rings. The first-order chi connectivity index (χ1) is 5.24. The molecule has 0 aromatic carbocycles. The molecule has 0 radical (unpaired) electrons. The van der Waals surface area contributed by atoms with Crippen molar-refractivity contribution in [2.45, 2.75) is 26.8 Å². The lowest BCUT2D eigenvalue weighted by Crippen LogP contribution is -2.51. The van der Waals surface area contributed by atoms with Crippen LogP contribution in [-0.2, 0) is 4.74 Å². The van der Waals surface area contributed by atoms with Gasteiger partial charge in [-0.1, -0.05) is 0 Å². The second-order valence-corrected chi connectivity index (χ2v) is 3.57. The highest BCUT2D eigenvalue weighted by Gasteiger charge is 2.27. The number of nitrogens with zero attached hydrogens (tertiary/aromatic N) is 1. The summed E-state index contributed by atoms with van der Waals surface area (Å²) in [5.41, 5.74) is 0. The van der Waals surface area contributed by atoms with Crippen LogP contribution in [0.15, 0.2) is 0 Å². The van der Waals surface area contributed by atoms with E-state index in [1.165, 1.54) is 13.1 Å². The number of rotatable bonds is 4. The fourth-order valence-electron chi connectivity index (χ4n) is 1.42. The number of hydrogen-bond acceptors (Lipinski definition) is 2. The monoisotopic (exact) mass is 157 g/mol. The van der Waals surface area contributed by atoms with Gasteiger partial charge in [0, 0.05) is 31.7 Å². The van der Waals surface area contributed by atoms with Crippen LogP contribution in [0.1, 0.15) is 20.8 Å². The van der Waals surface area contributed by atoms with E-state index in [1.807, 2.05) is 0 Å². The fraction of sp³-hybridized carbons (Fsp3) is 1.00. The zero-order chi connectivity index (χ0) is 8.27. The fourth-order valence-corrected chi connectivity index (χ4v) is 1.42. The van der Waals surface area contributed by atoms with Gasteiger partial charge >= 0.3 is 0 Å². The molecule has 0 aliphatic carbocycles. The van der Waals surface area contributed by atoms with E-state index in [9.17, 15) is 0 Å². The van der Waals surface area contributed by atoms with Crippen LogP contribution >= 0.6 is 0 Å². The van der Waals surface area contributed by atoms with Crippen molar-refractivity contribution in [1.82, 2.24) is 4.90 Å². The van der Waals surface area contributed by atoms with Crippen LogP contribution in [0.5, 0.6) is 0 Å². The molecule has 1 saturated heterocycles. The zero-order valence-electron chi connectivity index (χ0n) is 7.84. The summed E-state index contributed by atoms with van der Waals surface area (Å²) in [6.07, 6.45) is 0. The summed E-state index contributed by atoms with van der Waals surface area (Å²) < 4.78 is 5.34. The first-order valence-corrected chi connectivity index (χ1v) is 4.55. The Morgan fingerprint density at radius 1 is 1.45 bits per heavy atom. The molecule has 2 heteroatoms. The summed E-state index contributed by atoms with van der Waals surface area (Å²) in [6, 6.07) is 0.716. The van der Waals surface area contributed by atoms with Crippen LogP contribution in [0.4, 0.5) is 0 Å². The third kappa shape index (κ3) is 2.46. The molecule has 1 rings (SSSR count). The third-order valence-electron chi connectivity index (χ3n) is 2.27. The lowest BCUT2D eigenvalue weighted by Gasteiger charge is -2.41. The lowest BCUT2D eigenvalue weighted by molar-refractivity contribution is 0.00289. The predicted molar refractivity (Wildman–Crippen MR) is 46.7 cm³/mol. The molecular formula is C9H19NO. The Morgan fingerprint density at radius 3 is 2.55 bits per heavy atom. The molecule has 0 bridgehead atoms. The Kier molecular flexibility index (Phi) is 3.34. The Labute approximate surface area is 69.5 Å². The van der Waals surface area contributed by atoms with Crippen LogP contribution in [-0.4, -0.2) is 37.2 Å². The summed E-state index contributed by atoms with van der Waals surface area (Å²) >= 11 is 0. The van der Waals surface area contributed by atoms with E-state index in [2.05, 4.69) is 25.7 Å². The van der Waals surface area contributed by atoms with Crippen molar-refractivity contribution in [2.24, 2.45) is 5.92 Å². The lowest BCUT2D eigenvalue weighted by atomic mass is 9.99. The summed E-state index contributed by atoms with van der Waals surface area (Å²) in [7, 11) is 0. The van der Waals surface area contributed by atoms with Crippen molar-refractivity contribution in [3.05, 3.63) is 0 Å². The van der Waals surface area contributed by atoms with Crippen molar-refractivity contribution in [2.75, 3.05) is 26.3 Å². The average Bonchev–Trinajstić information content (AvgIpc) is 1.84. The molecule has 1 aliphatic heterocycles. The molecule has 0 saturated carbocycles. The molecule has 0 amide bonds. The van der Waals surface area contributed by atoms with E-state index in [-0.39, 0.29) is 0 Å². The first-order valence-electron chi connectivity index (χ1n) is 4.55. The minimum absolute atomic E-state index is 0.716. The normalized spacial score (nSPS) is 20.7. The maximum absolute atomic E-state index is 5.34. The molecule has 11 heavy (non-hydrogen) atoms. The number of ether oxygens (including phenoxy) is 1. The van der Waals surface area contributed by atoms with Gasteiger partial charge in [-0.2, -0.15) is 0 Å². The molecule has 0 spiro atoms. The van der Waals surface area contributed by atoms with Gasteiger partial charge in [0.15, 0.2) is 0 Å². The first kappa shape index (κ1) is 9.01. The molecule has 1 aliphatic rings. The van der Waals surface area contributed by atoms with Crippen molar-refractivity contribution in [3.8, 4) is 0 Å². The average molecular weight is 157 g/mol. The molecule has 2 nitrogen and oxygen atoms in total. The number of likely N-dealkylation sites (tertiary alicyclic amines) is 1. The van der Waals surface area contributed by atoms with E-state index >= 15 is 0 Å². The predicted octanol–water partition coefficient (Wildman–Crippen LogP) is 1.36. The van der Waals surface area contributed by atoms with Crippen molar-refractivity contribution >= 4 is 0 Å². The largest absolute Gasteiger partial charge is 0.381 e. The quantitative estimate of drug-likeness (QED) is 0.611. The van der Waals surface area contributed by atoms with Crippen molar-refractivity contribution < 1.29 is 4.74 Å². The maximum atomic E-state index is 5.34. The smallest absolute Gasteiger partial charge is 0.0518 e. The molecule has 1 heterocycles. The van der Waals surface area contributed by atoms with E-state index < -0.39 is 0 Å². The summed E-state index contributed by atoms with van der Waals surface area (Å²) in [5.74, 6) is 0.803. The van der Waals surface area contributed by atoms with Gasteiger partial charge in [-0.15, -0.1) is 0 Å². The second-order valence-electron chi connectivity index (χ2n) is 3.57. The Morgan fingerprint density at radius 2 is 2.09 bits per heavy atom. The van der Waals surface area contributed by atoms with Gasteiger partial charge in [0.1, 0.15) is 0 Å².